The first-order valence-electron chi connectivity index (χ1n) is 4.34. The summed E-state index contributed by atoms with van der Waals surface area (Å²) >= 11 is 3.20. The normalized spacial score (nSPS) is 12.9. The van der Waals surface area contributed by atoms with E-state index in [1.165, 1.54) is 9.40 Å². The number of fused-ring (bicyclic) bond motifs is 1. The van der Waals surface area contributed by atoms with Gasteiger partial charge in [-0.05, 0) is 24.4 Å². The second kappa shape index (κ2) is 3.80. The molecular weight excluding hydrogens is 232 g/mol. The Bertz CT molecular complexity index is 462. The zero-order valence-electron chi connectivity index (χ0n) is 8.01. The molecule has 2 rings (SSSR count). The minimum atomic E-state index is -0.834. The fourth-order valence-electron chi connectivity index (χ4n) is 1.30. The number of rotatable bonds is 2. The summed E-state index contributed by atoms with van der Waals surface area (Å²) in [5, 5.41) is 11.9. The van der Waals surface area contributed by atoms with Gasteiger partial charge in [0.15, 0.2) is 0 Å². The summed E-state index contributed by atoms with van der Waals surface area (Å²) in [5.41, 5.74) is 4.99. The van der Waals surface area contributed by atoms with E-state index in [2.05, 4.69) is 0 Å². The van der Waals surface area contributed by atoms with Crippen LogP contribution in [0.15, 0.2) is 17.5 Å². The highest BCUT2D eigenvalue weighted by atomic mass is 32.1. The van der Waals surface area contributed by atoms with Gasteiger partial charge < -0.3 is 5.73 Å². The van der Waals surface area contributed by atoms with Crippen LogP contribution in [0.5, 0.6) is 0 Å². The molecule has 0 aliphatic heterocycles. The first kappa shape index (κ1) is 10.4. The van der Waals surface area contributed by atoms with Crippen molar-refractivity contribution in [3.8, 4) is 0 Å². The largest absolute Gasteiger partial charge is 0.350 e. The number of carbonyl (C=O) groups is 1. The van der Waals surface area contributed by atoms with Crippen LogP contribution in [0.4, 0.5) is 4.79 Å². The van der Waals surface area contributed by atoms with Crippen LogP contribution in [-0.4, -0.2) is 16.3 Å². The van der Waals surface area contributed by atoms with Crippen molar-refractivity contribution >= 4 is 38.1 Å². The summed E-state index contributed by atoms with van der Waals surface area (Å²) in [6.07, 6.45) is 0. The number of urea groups is 1. The molecule has 2 heterocycles. The number of carbonyl (C=O) groups excluding carboxylic acids is 1. The van der Waals surface area contributed by atoms with Crippen LogP contribution in [0, 0.1) is 0 Å². The van der Waals surface area contributed by atoms with Crippen molar-refractivity contribution in [2.75, 3.05) is 0 Å². The standard InChI is InChI=1S/C9H10N2O2S2/c1-5(11(13)9(10)12)7-4-8-6(15-7)2-3-14-8/h2-5,13H,1H3,(H2,10,12). The molecular formula is C9H10N2O2S2. The zero-order chi connectivity index (χ0) is 11.0. The molecule has 4 nitrogen and oxygen atoms in total. The minimum absolute atomic E-state index is 0.396. The fourth-order valence-corrected chi connectivity index (χ4v) is 3.46. The van der Waals surface area contributed by atoms with Crippen LogP contribution in [0.1, 0.15) is 17.8 Å². The molecule has 0 aliphatic rings. The van der Waals surface area contributed by atoms with E-state index in [4.69, 9.17) is 5.73 Å². The molecule has 0 fully saturated rings. The number of hydrogen-bond donors (Lipinski definition) is 2. The molecule has 0 radical (unpaired) electrons. The van der Waals surface area contributed by atoms with Gasteiger partial charge in [-0.1, -0.05) is 0 Å². The highest BCUT2D eigenvalue weighted by Gasteiger charge is 2.19. The number of primary amides is 1. The monoisotopic (exact) mass is 242 g/mol. The van der Waals surface area contributed by atoms with Crippen LogP contribution in [0.3, 0.4) is 0 Å². The Morgan fingerprint density at radius 1 is 1.60 bits per heavy atom. The first-order chi connectivity index (χ1) is 7.09. The second-order valence-electron chi connectivity index (χ2n) is 3.16. The maximum absolute atomic E-state index is 10.8. The van der Waals surface area contributed by atoms with E-state index in [0.717, 1.165) is 4.88 Å². The average molecular weight is 242 g/mol. The second-order valence-corrected chi connectivity index (χ2v) is 5.22. The predicted molar refractivity (Wildman–Crippen MR) is 61.3 cm³/mol. The molecule has 1 unspecified atom stereocenters. The molecule has 0 aromatic carbocycles. The van der Waals surface area contributed by atoms with Gasteiger partial charge in [0.1, 0.15) is 0 Å². The van der Waals surface area contributed by atoms with Crippen molar-refractivity contribution in [2.45, 2.75) is 13.0 Å². The van der Waals surface area contributed by atoms with Gasteiger partial charge >= 0.3 is 6.03 Å². The van der Waals surface area contributed by atoms with Crippen molar-refractivity contribution < 1.29 is 10.0 Å². The lowest BCUT2D eigenvalue weighted by Gasteiger charge is -2.18. The van der Waals surface area contributed by atoms with E-state index in [1.807, 2.05) is 17.5 Å². The summed E-state index contributed by atoms with van der Waals surface area (Å²) < 4.78 is 2.33. The molecule has 1 atom stereocenters. The van der Waals surface area contributed by atoms with E-state index < -0.39 is 12.1 Å². The van der Waals surface area contributed by atoms with E-state index in [-0.39, 0.29) is 0 Å². The zero-order valence-corrected chi connectivity index (χ0v) is 9.64. The number of nitrogens with zero attached hydrogens (tertiary/aromatic N) is 1. The lowest BCUT2D eigenvalue weighted by Crippen LogP contribution is -2.34. The Morgan fingerprint density at radius 2 is 2.33 bits per heavy atom. The summed E-state index contributed by atoms with van der Waals surface area (Å²) in [4.78, 5) is 11.7. The van der Waals surface area contributed by atoms with Gasteiger partial charge in [-0.3, -0.25) is 5.21 Å². The third kappa shape index (κ3) is 1.83. The van der Waals surface area contributed by atoms with Crippen molar-refractivity contribution in [1.82, 2.24) is 5.06 Å². The molecule has 2 amide bonds. The van der Waals surface area contributed by atoms with Gasteiger partial charge in [0, 0.05) is 14.3 Å². The third-order valence-corrected chi connectivity index (χ3v) is 4.43. The predicted octanol–water partition coefficient (Wildman–Crippen LogP) is 2.79. The van der Waals surface area contributed by atoms with Crippen LogP contribution in [-0.2, 0) is 0 Å². The summed E-state index contributed by atoms with van der Waals surface area (Å²) in [7, 11) is 0. The van der Waals surface area contributed by atoms with Gasteiger partial charge in [0.2, 0.25) is 0 Å². The Morgan fingerprint density at radius 3 is 2.93 bits per heavy atom. The molecule has 0 aliphatic carbocycles. The SMILES string of the molecule is CC(c1cc2sccc2s1)N(O)C(N)=O. The first-order valence-corrected chi connectivity index (χ1v) is 6.03. The Hall–Kier alpha value is -1.11. The van der Waals surface area contributed by atoms with Crippen LogP contribution in [0.25, 0.3) is 9.40 Å². The highest BCUT2D eigenvalue weighted by Crippen LogP contribution is 2.34. The molecule has 0 spiro atoms. The lowest BCUT2D eigenvalue weighted by atomic mass is 10.3. The van der Waals surface area contributed by atoms with Gasteiger partial charge in [-0.15, -0.1) is 22.7 Å². The summed E-state index contributed by atoms with van der Waals surface area (Å²) in [6.45, 7) is 1.74. The summed E-state index contributed by atoms with van der Waals surface area (Å²) in [6, 6.07) is 2.76. The van der Waals surface area contributed by atoms with Crippen LogP contribution < -0.4 is 5.73 Å². The molecule has 6 heteroatoms. The minimum Gasteiger partial charge on any atom is -0.350 e. The number of nitrogens with two attached hydrogens (primary N) is 1. The van der Waals surface area contributed by atoms with E-state index in [9.17, 15) is 10.0 Å². The number of thiophene rings is 2. The number of hydrogen-bond acceptors (Lipinski definition) is 4. The van der Waals surface area contributed by atoms with Gasteiger partial charge in [-0.25, -0.2) is 4.79 Å². The van der Waals surface area contributed by atoms with Crippen LogP contribution in [0.2, 0.25) is 0 Å². The van der Waals surface area contributed by atoms with Crippen molar-refractivity contribution in [1.29, 1.82) is 0 Å². The lowest BCUT2D eigenvalue weighted by molar-refractivity contribution is -0.0700. The van der Waals surface area contributed by atoms with Crippen molar-refractivity contribution in [3.63, 3.8) is 0 Å². The molecule has 80 valence electrons. The van der Waals surface area contributed by atoms with E-state index in [0.29, 0.717) is 5.06 Å². The fraction of sp³-hybridized carbons (Fsp3) is 0.222. The molecule has 0 bridgehead atoms. The molecule has 2 aromatic heterocycles. The summed E-state index contributed by atoms with van der Waals surface area (Å²) in [5.74, 6) is 0. The van der Waals surface area contributed by atoms with Crippen molar-refractivity contribution in [2.24, 2.45) is 5.73 Å². The van der Waals surface area contributed by atoms with Gasteiger partial charge in [-0.2, -0.15) is 5.06 Å². The smallest absolute Gasteiger partial charge is 0.339 e. The van der Waals surface area contributed by atoms with Crippen molar-refractivity contribution in [3.05, 3.63) is 22.4 Å². The van der Waals surface area contributed by atoms with Gasteiger partial charge in [0.25, 0.3) is 0 Å². The molecule has 3 N–H and O–H groups in total. The molecule has 0 saturated carbocycles. The van der Waals surface area contributed by atoms with E-state index in [1.54, 1.807) is 29.6 Å². The maximum atomic E-state index is 10.8. The topological polar surface area (TPSA) is 66.6 Å². The third-order valence-electron chi connectivity index (χ3n) is 2.16. The number of hydroxylamine groups is 2. The molecule has 2 aromatic rings. The highest BCUT2D eigenvalue weighted by molar-refractivity contribution is 7.26. The quantitative estimate of drug-likeness (QED) is 0.628. The molecule has 15 heavy (non-hydrogen) atoms. The van der Waals surface area contributed by atoms with Gasteiger partial charge in [0.05, 0.1) is 6.04 Å². The Labute approximate surface area is 94.5 Å². The molecule has 0 saturated heterocycles. The van der Waals surface area contributed by atoms with E-state index >= 15 is 0 Å². The Kier molecular flexibility index (Phi) is 2.64. The maximum Gasteiger partial charge on any atom is 0.339 e. The van der Waals surface area contributed by atoms with Crippen LogP contribution >= 0.6 is 22.7 Å². The number of amides is 2. The average Bonchev–Trinajstić information content (AvgIpc) is 2.74. The Balaban J connectivity index is 2.31.